The number of nitrogens with zero attached hydrogens (tertiary/aromatic N) is 2. The van der Waals surface area contributed by atoms with E-state index < -0.39 is 11.2 Å². The Morgan fingerprint density at radius 1 is 1.24 bits per heavy atom. The zero-order valence-corrected chi connectivity index (χ0v) is 15.1. The van der Waals surface area contributed by atoms with Crippen LogP contribution in [0.3, 0.4) is 0 Å². The molecule has 25 heavy (non-hydrogen) atoms. The summed E-state index contributed by atoms with van der Waals surface area (Å²) in [6.45, 7) is 6.08. The van der Waals surface area contributed by atoms with Crippen LogP contribution in [0.5, 0.6) is 5.75 Å². The number of ether oxygens (including phenoxy) is 1. The highest BCUT2D eigenvalue weighted by atomic mass is 35.5. The highest BCUT2D eigenvalue weighted by molar-refractivity contribution is 6.39. The molecule has 5 heteroatoms. The van der Waals surface area contributed by atoms with Gasteiger partial charge in [-0.25, -0.2) is 4.99 Å². The molecular formula is C20H21ClN2O2. The van der Waals surface area contributed by atoms with Crippen molar-refractivity contribution in [2.75, 3.05) is 18.0 Å². The number of aliphatic hydroxyl groups excluding tert-OH is 1. The van der Waals surface area contributed by atoms with E-state index in [9.17, 15) is 5.11 Å². The van der Waals surface area contributed by atoms with Crippen molar-refractivity contribution in [1.82, 2.24) is 0 Å². The minimum atomic E-state index is -1.14. The van der Waals surface area contributed by atoms with Crippen LogP contribution in [-0.2, 0) is 0 Å². The number of hydrogen-bond acceptors (Lipinski definition) is 4. The lowest BCUT2D eigenvalue weighted by Crippen LogP contribution is -2.46. The van der Waals surface area contributed by atoms with Gasteiger partial charge in [-0.15, -0.1) is 0 Å². The first-order chi connectivity index (χ1) is 12.1. The van der Waals surface area contributed by atoms with Gasteiger partial charge in [-0.05, 0) is 31.5 Å². The van der Waals surface area contributed by atoms with E-state index in [0.29, 0.717) is 11.5 Å². The molecule has 0 radical (unpaired) electrons. The van der Waals surface area contributed by atoms with Crippen LogP contribution in [-0.4, -0.2) is 29.0 Å². The third-order valence-corrected chi connectivity index (χ3v) is 5.37. The predicted octanol–water partition coefficient (Wildman–Crippen LogP) is 4.42. The summed E-state index contributed by atoms with van der Waals surface area (Å²) in [5.74, 6) is 0.662. The molecule has 4 rings (SSSR count). The molecule has 0 fully saturated rings. The Morgan fingerprint density at radius 2 is 2.00 bits per heavy atom. The van der Waals surface area contributed by atoms with Crippen molar-refractivity contribution in [2.24, 2.45) is 4.99 Å². The molecule has 1 aliphatic heterocycles. The molecule has 0 aromatic heterocycles. The van der Waals surface area contributed by atoms with Crippen molar-refractivity contribution in [1.29, 1.82) is 0 Å². The average molecular weight is 357 g/mol. The summed E-state index contributed by atoms with van der Waals surface area (Å²) in [7, 11) is 0. The summed E-state index contributed by atoms with van der Waals surface area (Å²) in [5.41, 5.74) is 4.24. The lowest BCUT2D eigenvalue weighted by molar-refractivity contribution is 0.0973. The molecule has 1 heterocycles. The maximum atomic E-state index is 10.5. The Morgan fingerprint density at radius 3 is 2.76 bits per heavy atom. The average Bonchev–Trinajstić information content (AvgIpc) is 2.61. The van der Waals surface area contributed by atoms with Gasteiger partial charge in [0.1, 0.15) is 17.1 Å². The van der Waals surface area contributed by atoms with Gasteiger partial charge in [0.25, 0.3) is 0 Å². The van der Waals surface area contributed by atoms with Gasteiger partial charge in [0.05, 0.1) is 6.10 Å². The first-order valence-electron chi connectivity index (χ1n) is 8.69. The van der Waals surface area contributed by atoms with Crippen LogP contribution in [0, 0.1) is 0 Å². The Hall–Kier alpha value is -2.04. The molecule has 1 N–H and O–H groups in total. The molecule has 0 saturated heterocycles. The maximum absolute atomic E-state index is 10.5. The molecule has 130 valence electrons. The van der Waals surface area contributed by atoms with Gasteiger partial charge < -0.3 is 14.7 Å². The monoisotopic (exact) mass is 356 g/mol. The summed E-state index contributed by atoms with van der Waals surface area (Å²) in [5, 5.41) is 9.37. The SMILES string of the molecule is CCN(CC)c1ccc2c(c1)OC1(Cl)CC(O)c3ccccc3C1=N2. The van der Waals surface area contributed by atoms with E-state index in [1.807, 2.05) is 36.4 Å². The second kappa shape index (κ2) is 6.04. The molecule has 1 aliphatic carbocycles. The maximum Gasteiger partial charge on any atom is 0.228 e. The number of halogens is 1. The third kappa shape index (κ3) is 2.60. The van der Waals surface area contributed by atoms with Crippen molar-refractivity contribution >= 4 is 28.7 Å². The van der Waals surface area contributed by atoms with E-state index in [0.717, 1.165) is 35.6 Å². The first-order valence-corrected chi connectivity index (χ1v) is 9.07. The lowest BCUT2D eigenvalue weighted by Gasteiger charge is -2.39. The van der Waals surface area contributed by atoms with Gasteiger partial charge in [0, 0.05) is 36.8 Å². The number of alkyl halides is 1. The van der Waals surface area contributed by atoms with Crippen molar-refractivity contribution < 1.29 is 9.84 Å². The Balaban J connectivity index is 1.83. The van der Waals surface area contributed by atoms with E-state index in [2.05, 4.69) is 24.8 Å². The van der Waals surface area contributed by atoms with Crippen LogP contribution in [0.25, 0.3) is 0 Å². The minimum absolute atomic E-state index is 0.277. The normalized spacial score (nSPS) is 23.7. The van der Waals surface area contributed by atoms with Crippen molar-refractivity contribution in [3.63, 3.8) is 0 Å². The Labute approximate surface area is 152 Å². The first kappa shape index (κ1) is 16.4. The standard InChI is InChI=1S/C20H21ClN2O2/c1-3-23(4-2)13-9-10-16-18(11-13)25-20(21)12-17(24)14-7-5-6-8-15(14)19(20)22-16/h5-11,17,24H,3-4,12H2,1-2H3. The fourth-order valence-corrected chi connectivity index (χ4v) is 4.02. The number of fused-ring (bicyclic) bond motifs is 4. The molecule has 0 amide bonds. The van der Waals surface area contributed by atoms with Crippen LogP contribution in [0.2, 0.25) is 0 Å². The molecular weight excluding hydrogens is 336 g/mol. The zero-order valence-electron chi connectivity index (χ0n) is 14.4. The molecule has 4 nitrogen and oxygen atoms in total. The summed E-state index contributed by atoms with van der Waals surface area (Å²) < 4.78 is 6.18. The van der Waals surface area contributed by atoms with Gasteiger partial charge >= 0.3 is 0 Å². The van der Waals surface area contributed by atoms with E-state index in [1.165, 1.54) is 0 Å². The van der Waals surface area contributed by atoms with Crippen molar-refractivity contribution in [3.8, 4) is 5.75 Å². The van der Waals surface area contributed by atoms with Gasteiger partial charge in [-0.1, -0.05) is 35.9 Å². The smallest absolute Gasteiger partial charge is 0.228 e. The summed E-state index contributed by atoms with van der Waals surface area (Å²) >= 11 is 6.80. The third-order valence-electron chi connectivity index (χ3n) is 4.96. The van der Waals surface area contributed by atoms with Gasteiger partial charge in [-0.2, -0.15) is 0 Å². The van der Waals surface area contributed by atoms with Crippen LogP contribution in [0.4, 0.5) is 11.4 Å². The second-order valence-electron chi connectivity index (χ2n) is 6.42. The predicted molar refractivity (Wildman–Crippen MR) is 101 cm³/mol. The number of anilines is 1. The van der Waals surface area contributed by atoms with Gasteiger partial charge in [0.15, 0.2) is 0 Å². The second-order valence-corrected chi connectivity index (χ2v) is 7.03. The van der Waals surface area contributed by atoms with E-state index in [-0.39, 0.29) is 6.42 Å². The van der Waals surface area contributed by atoms with E-state index >= 15 is 0 Å². The number of aliphatic imine (C=N–C) groups is 1. The fraction of sp³-hybridized carbons (Fsp3) is 0.350. The van der Waals surface area contributed by atoms with E-state index in [1.54, 1.807) is 0 Å². The van der Waals surface area contributed by atoms with Gasteiger partial charge in [0.2, 0.25) is 5.06 Å². The van der Waals surface area contributed by atoms with Crippen molar-refractivity contribution in [2.45, 2.75) is 31.4 Å². The molecule has 0 bridgehead atoms. The molecule has 2 aliphatic rings. The zero-order chi connectivity index (χ0) is 17.6. The molecule has 2 atom stereocenters. The van der Waals surface area contributed by atoms with Crippen molar-refractivity contribution in [3.05, 3.63) is 53.6 Å². The molecule has 2 unspecified atom stereocenters. The summed E-state index contributed by atoms with van der Waals surface area (Å²) in [6, 6.07) is 13.7. The summed E-state index contributed by atoms with van der Waals surface area (Å²) in [4.78, 5) is 7.04. The molecule has 2 aromatic carbocycles. The molecule has 0 saturated carbocycles. The van der Waals surface area contributed by atoms with Crippen LogP contribution < -0.4 is 9.64 Å². The largest absolute Gasteiger partial charge is 0.464 e. The topological polar surface area (TPSA) is 45.1 Å². The molecule has 2 aromatic rings. The number of aliphatic hydroxyl groups is 1. The summed E-state index contributed by atoms with van der Waals surface area (Å²) in [6.07, 6.45) is -0.389. The van der Waals surface area contributed by atoms with Gasteiger partial charge in [-0.3, -0.25) is 0 Å². The Kier molecular flexibility index (Phi) is 3.97. The fourth-order valence-electron chi connectivity index (χ4n) is 3.65. The minimum Gasteiger partial charge on any atom is -0.464 e. The van der Waals surface area contributed by atoms with Crippen LogP contribution >= 0.6 is 11.6 Å². The number of rotatable bonds is 3. The lowest BCUT2D eigenvalue weighted by atomic mass is 9.84. The number of benzene rings is 2. The highest BCUT2D eigenvalue weighted by Crippen LogP contribution is 2.48. The quantitative estimate of drug-likeness (QED) is 0.828. The highest BCUT2D eigenvalue weighted by Gasteiger charge is 2.47. The van der Waals surface area contributed by atoms with Crippen LogP contribution in [0.1, 0.15) is 37.5 Å². The van der Waals surface area contributed by atoms with E-state index in [4.69, 9.17) is 21.3 Å². The Bertz CT molecular complexity index is 847. The van der Waals surface area contributed by atoms with Crippen LogP contribution in [0.15, 0.2) is 47.5 Å². The molecule has 0 spiro atoms. The number of hydrogen-bond donors (Lipinski definition) is 1.